The van der Waals surface area contributed by atoms with Crippen LogP contribution in [0.4, 0.5) is 5.95 Å². The van der Waals surface area contributed by atoms with Crippen molar-refractivity contribution in [1.29, 1.82) is 0 Å². The van der Waals surface area contributed by atoms with Gasteiger partial charge in [-0.15, -0.1) is 0 Å². The van der Waals surface area contributed by atoms with Gasteiger partial charge in [0.15, 0.2) is 21.0 Å². The van der Waals surface area contributed by atoms with Crippen LogP contribution in [0, 0.1) is 5.92 Å². The number of amides is 1. The number of aromatic amines is 1. The maximum Gasteiger partial charge on any atom is 0.324 e. The highest BCUT2D eigenvalue weighted by Gasteiger charge is 2.44. The number of hydrogen-bond donors (Lipinski definition) is 4. The first-order valence-corrected chi connectivity index (χ1v) is 12.6. The summed E-state index contributed by atoms with van der Waals surface area (Å²) in [5, 5.41) is 17.3. The van der Waals surface area contributed by atoms with Gasteiger partial charge in [-0.05, 0) is 43.7 Å². The Hall–Kier alpha value is -3.41. The number of sulfone groups is 1. The van der Waals surface area contributed by atoms with Gasteiger partial charge in [-0.3, -0.25) is 9.59 Å². The second-order valence-electron chi connectivity index (χ2n) is 8.65. The van der Waals surface area contributed by atoms with E-state index in [-0.39, 0.29) is 10.6 Å². The molecule has 11 nitrogen and oxygen atoms in total. The molecule has 2 heterocycles. The zero-order chi connectivity index (χ0) is 24.2. The van der Waals surface area contributed by atoms with Crippen LogP contribution in [-0.4, -0.2) is 65.0 Å². The van der Waals surface area contributed by atoms with Gasteiger partial charge >= 0.3 is 5.97 Å². The highest BCUT2D eigenvalue weighted by molar-refractivity contribution is 7.92. The maximum atomic E-state index is 12.7. The first-order valence-electron chi connectivity index (χ1n) is 11.1. The third-order valence-electron chi connectivity index (χ3n) is 6.34. The minimum absolute atomic E-state index is 0.115. The van der Waals surface area contributed by atoms with Crippen molar-refractivity contribution in [1.82, 2.24) is 15.3 Å². The quantitative estimate of drug-likeness (QED) is 0.412. The lowest BCUT2D eigenvalue weighted by Gasteiger charge is -2.34. The number of carbonyl (C=O) groups excluding carboxylic acids is 1. The molecule has 1 saturated carbocycles. The normalized spacial score (nSPS) is 23.1. The fourth-order valence-electron chi connectivity index (χ4n) is 4.31. The average Bonchev–Trinajstić information content (AvgIpc) is 3.50. The van der Waals surface area contributed by atoms with Crippen molar-refractivity contribution in [2.24, 2.45) is 11.1 Å². The van der Waals surface area contributed by atoms with Gasteiger partial charge in [0, 0.05) is 31.9 Å². The Labute approximate surface area is 196 Å². The van der Waals surface area contributed by atoms with E-state index in [0.717, 1.165) is 38.2 Å². The van der Waals surface area contributed by atoms with E-state index in [1.165, 1.54) is 24.3 Å². The molecule has 1 fully saturated rings. The van der Waals surface area contributed by atoms with Gasteiger partial charge in [-0.2, -0.15) is 0 Å². The van der Waals surface area contributed by atoms with Crippen LogP contribution in [0.3, 0.4) is 0 Å². The minimum atomic E-state index is -4.17. The maximum absolute atomic E-state index is 12.7. The molecule has 1 amide bonds. The molecule has 1 spiro atoms. The van der Waals surface area contributed by atoms with E-state index in [4.69, 9.17) is 4.84 Å². The summed E-state index contributed by atoms with van der Waals surface area (Å²) in [4.78, 5) is 37.0. The molecular formula is C22H27N5O6S. The Morgan fingerprint density at radius 3 is 2.62 bits per heavy atom. The molecule has 1 aromatic carbocycles. The van der Waals surface area contributed by atoms with Crippen molar-refractivity contribution in [3.8, 4) is 0 Å². The summed E-state index contributed by atoms with van der Waals surface area (Å²) in [6, 6.07) is 7.30. The Morgan fingerprint density at radius 2 is 1.97 bits per heavy atom. The zero-order valence-corrected chi connectivity index (χ0v) is 19.3. The number of benzene rings is 1. The molecule has 4 N–H and O–H groups in total. The second-order valence-corrected chi connectivity index (χ2v) is 10.8. The molecule has 0 bridgehead atoms. The number of nitrogens with one attached hydrogen (secondary N) is 3. The SMILES string of the molecule is O=C(NC[C@@H](C(=O)O)S(=O)(=O)c1ccccc1)C1=NOC2(CCC(CNc3ncc[nH]3)CC2)C1. The fraction of sp³-hybridized carbons (Fsp3) is 0.455. The monoisotopic (exact) mass is 489 g/mol. The number of carboxylic acid groups (broad SMARTS) is 1. The number of nitrogens with zero attached hydrogens (tertiary/aromatic N) is 2. The van der Waals surface area contributed by atoms with Crippen LogP contribution in [0.1, 0.15) is 32.1 Å². The number of aromatic nitrogens is 2. The van der Waals surface area contributed by atoms with Gasteiger partial charge < -0.3 is 25.6 Å². The molecule has 1 atom stereocenters. The highest BCUT2D eigenvalue weighted by Crippen LogP contribution is 2.40. The molecule has 0 unspecified atom stereocenters. The lowest BCUT2D eigenvalue weighted by Crippen LogP contribution is -2.44. The minimum Gasteiger partial charge on any atom is -0.480 e. The van der Waals surface area contributed by atoms with Gasteiger partial charge in [-0.1, -0.05) is 23.4 Å². The third kappa shape index (κ3) is 5.22. The molecule has 1 aliphatic carbocycles. The zero-order valence-electron chi connectivity index (χ0n) is 18.4. The molecule has 1 aliphatic heterocycles. The summed E-state index contributed by atoms with van der Waals surface area (Å²) in [7, 11) is -4.17. The van der Waals surface area contributed by atoms with Crippen LogP contribution in [0.5, 0.6) is 0 Å². The lowest BCUT2D eigenvalue weighted by molar-refractivity contribution is -0.136. The van der Waals surface area contributed by atoms with Gasteiger partial charge in [0.1, 0.15) is 11.3 Å². The molecular weight excluding hydrogens is 462 g/mol. The van der Waals surface area contributed by atoms with E-state index in [1.807, 2.05) is 0 Å². The van der Waals surface area contributed by atoms with Crippen LogP contribution in [0.15, 0.2) is 52.8 Å². The summed E-state index contributed by atoms with van der Waals surface area (Å²) >= 11 is 0. The Morgan fingerprint density at radius 1 is 1.24 bits per heavy atom. The summed E-state index contributed by atoms with van der Waals surface area (Å²) in [6.45, 7) is 0.211. The molecule has 0 saturated heterocycles. The smallest absolute Gasteiger partial charge is 0.324 e. The number of rotatable bonds is 9. The van der Waals surface area contributed by atoms with Crippen molar-refractivity contribution in [2.75, 3.05) is 18.4 Å². The first-order chi connectivity index (χ1) is 16.3. The Bertz CT molecular complexity index is 1140. The van der Waals surface area contributed by atoms with Crippen molar-refractivity contribution >= 4 is 33.4 Å². The van der Waals surface area contributed by atoms with Crippen molar-refractivity contribution in [2.45, 2.75) is 47.9 Å². The molecule has 182 valence electrons. The average molecular weight is 490 g/mol. The standard InChI is InChI=1S/C22H27N5O6S/c28-19(25-14-18(20(29)30)34(31,32)16-4-2-1-3-5-16)17-12-22(33-27-17)8-6-15(7-9-22)13-26-21-23-10-11-24-21/h1-5,10-11,15,18H,6-9,12-14H2,(H,25,28)(H,29,30)(H2,23,24,26)/t15?,18-,22?/m0/s1. The van der Waals surface area contributed by atoms with E-state index >= 15 is 0 Å². The molecule has 34 heavy (non-hydrogen) atoms. The van der Waals surface area contributed by atoms with Gasteiger partial charge in [0.05, 0.1) is 4.90 Å². The molecule has 0 radical (unpaired) electrons. The summed E-state index contributed by atoms with van der Waals surface area (Å²) < 4.78 is 25.4. The molecule has 4 rings (SSSR count). The van der Waals surface area contributed by atoms with Crippen molar-refractivity contribution in [3.63, 3.8) is 0 Å². The first kappa shape index (κ1) is 23.7. The number of anilines is 1. The molecule has 2 aliphatic rings. The van der Waals surface area contributed by atoms with Gasteiger partial charge in [-0.25, -0.2) is 13.4 Å². The van der Waals surface area contributed by atoms with Crippen LogP contribution in [-0.2, 0) is 24.3 Å². The van der Waals surface area contributed by atoms with E-state index in [1.54, 1.807) is 18.5 Å². The topological polar surface area (TPSA) is 163 Å². The Balaban J connectivity index is 1.28. The molecule has 1 aromatic heterocycles. The van der Waals surface area contributed by atoms with Crippen LogP contribution < -0.4 is 10.6 Å². The van der Waals surface area contributed by atoms with E-state index in [9.17, 15) is 23.1 Å². The number of aliphatic carboxylic acids is 1. The van der Waals surface area contributed by atoms with Crippen LogP contribution in [0.25, 0.3) is 0 Å². The number of imidazole rings is 1. The predicted octanol–water partition coefficient (Wildman–Crippen LogP) is 1.57. The van der Waals surface area contributed by atoms with E-state index in [0.29, 0.717) is 12.3 Å². The van der Waals surface area contributed by atoms with Crippen molar-refractivity contribution < 1.29 is 28.0 Å². The second kappa shape index (κ2) is 9.84. The Kier molecular flexibility index (Phi) is 6.87. The number of H-pyrrole nitrogens is 1. The number of carboxylic acids is 1. The third-order valence-corrected chi connectivity index (χ3v) is 8.39. The number of oxime groups is 1. The van der Waals surface area contributed by atoms with E-state index in [2.05, 4.69) is 25.8 Å². The highest BCUT2D eigenvalue weighted by atomic mass is 32.2. The largest absolute Gasteiger partial charge is 0.480 e. The molecule has 2 aromatic rings. The van der Waals surface area contributed by atoms with Gasteiger partial charge in [0.2, 0.25) is 0 Å². The summed E-state index contributed by atoms with van der Waals surface area (Å²) in [5.41, 5.74) is -0.399. The fourth-order valence-corrected chi connectivity index (χ4v) is 5.75. The van der Waals surface area contributed by atoms with E-state index < -0.39 is 39.1 Å². The summed E-state index contributed by atoms with van der Waals surface area (Å²) in [5.74, 6) is -0.981. The van der Waals surface area contributed by atoms with Crippen LogP contribution in [0.2, 0.25) is 0 Å². The number of hydrogen-bond acceptors (Lipinski definition) is 8. The predicted molar refractivity (Wildman–Crippen MR) is 123 cm³/mol. The number of carbonyl (C=O) groups is 2. The van der Waals surface area contributed by atoms with Gasteiger partial charge in [0.25, 0.3) is 5.91 Å². The lowest BCUT2D eigenvalue weighted by atomic mass is 9.76. The van der Waals surface area contributed by atoms with Crippen LogP contribution >= 0.6 is 0 Å². The summed E-state index contributed by atoms with van der Waals surface area (Å²) in [6.07, 6.45) is 7.01. The molecule has 12 heteroatoms. The van der Waals surface area contributed by atoms with Crippen molar-refractivity contribution in [3.05, 3.63) is 42.7 Å².